The normalized spacial score (nSPS) is 19.0. The minimum Gasteiger partial charge on any atom is -0.348 e. The van der Waals surface area contributed by atoms with Gasteiger partial charge in [-0.3, -0.25) is 9.59 Å². The lowest BCUT2D eigenvalue weighted by atomic mass is 10.1. The van der Waals surface area contributed by atoms with Crippen molar-refractivity contribution in [1.29, 1.82) is 0 Å². The smallest absolute Gasteiger partial charge is 0.254 e. The Morgan fingerprint density at radius 2 is 1.89 bits per heavy atom. The third-order valence-corrected chi connectivity index (χ3v) is 8.84. The fourth-order valence-corrected chi connectivity index (χ4v) is 6.46. The summed E-state index contributed by atoms with van der Waals surface area (Å²) in [5, 5.41) is 12.1. The van der Waals surface area contributed by atoms with Crippen molar-refractivity contribution in [2.75, 3.05) is 10.7 Å². The van der Waals surface area contributed by atoms with E-state index >= 15 is 4.39 Å². The molecule has 2 aromatic carbocycles. The molecule has 0 radical (unpaired) electrons. The first-order chi connectivity index (χ1) is 17.1. The van der Waals surface area contributed by atoms with Crippen LogP contribution in [0.2, 0.25) is 0 Å². The Balaban J connectivity index is 1.50. The van der Waals surface area contributed by atoms with Crippen LogP contribution in [0.25, 0.3) is 0 Å². The largest absolute Gasteiger partial charge is 0.348 e. The maximum Gasteiger partial charge on any atom is 0.254 e. The van der Waals surface area contributed by atoms with Gasteiger partial charge < -0.3 is 16.0 Å². The van der Waals surface area contributed by atoms with Crippen LogP contribution in [0.3, 0.4) is 0 Å². The Morgan fingerprint density at radius 1 is 1.17 bits per heavy atom. The van der Waals surface area contributed by atoms with E-state index in [1.807, 2.05) is 0 Å². The number of nitrogens with zero attached hydrogens (tertiary/aromatic N) is 3. The Hall–Kier alpha value is -3.29. The van der Waals surface area contributed by atoms with Crippen molar-refractivity contribution in [3.8, 4) is 0 Å². The summed E-state index contributed by atoms with van der Waals surface area (Å²) in [6.45, 7) is -0.141. The van der Waals surface area contributed by atoms with E-state index in [2.05, 4.69) is 15.5 Å². The third kappa shape index (κ3) is 4.86. The molecule has 13 heteroatoms. The lowest BCUT2D eigenvalue weighted by Gasteiger charge is -2.23. The van der Waals surface area contributed by atoms with E-state index in [-0.39, 0.29) is 18.8 Å². The molecule has 9 nitrogen and oxygen atoms in total. The molecule has 2 aliphatic rings. The highest BCUT2D eigenvalue weighted by molar-refractivity contribution is 7.91. The van der Waals surface area contributed by atoms with E-state index in [1.165, 1.54) is 35.6 Å². The van der Waals surface area contributed by atoms with E-state index in [0.717, 1.165) is 34.9 Å². The molecule has 5 rings (SSSR count). The number of fused-ring (bicyclic) bond motifs is 1. The fourth-order valence-electron chi connectivity index (χ4n) is 3.90. The van der Waals surface area contributed by atoms with Crippen LogP contribution in [-0.2, 0) is 27.7 Å². The second-order valence-electron chi connectivity index (χ2n) is 8.73. The average molecular weight is 534 g/mol. The molecule has 36 heavy (non-hydrogen) atoms. The summed E-state index contributed by atoms with van der Waals surface area (Å²) in [6, 6.07) is 5.79. The Bertz CT molecular complexity index is 1460. The monoisotopic (exact) mass is 533 g/mol. The van der Waals surface area contributed by atoms with E-state index in [1.54, 1.807) is 0 Å². The van der Waals surface area contributed by atoms with E-state index in [0.29, 0.717) is 16.5 Å². The molecule has 3 N–H and O–H groups in total. The molecule has 1 aliphatic carbocycles. The zero-order valence-electron chi connectivity index (χ0n) is 18.8. The molecule has 2 amide bonds. The summed E-state index contributed by atoms with van der Waals surface area (Å²) in [4.78, 5) is 26.6. The minimum absolute atomic E-state index is 0.0177. The van der Waals surface area contributed by atoms with Crippen molar-refractivity contribution in [3.05, 3.63) is 69.2 Å². The number of hydrogen-bond donors (Lipinski definition) is 2. The van der Waals surface area contributed by atoms with Crippen LogP contribution in [0.1, 0.15) is 44.7 Å². The molecule has 0 bridgehead atoms. The summed E-state index contributed by atoms with van der Waals surface area (Å²) < 4.78 is 54.0. The van der Waals surface area contributed by atoms with Crippen LogP contribution in [0.15, 0.2) is 41.3 Å². The first-order valence-corrected chi connectivity index (χ1v) is 13.6. The topological polar surface area (TPSA) is 135 Å². The fraction of sp³-hybridized carbons (Fsp3) is 0.304. The summed E-state index contributed by atoms with van der Waals surface area (Å²) in [7, 11) is -4.14. The first kappa shape index (κ1) is 24.4. The lowest BCUT2D eigenvalue weighted by molar-refractivity contribution is -0.119. The number of carbonyl (C=O) groups excluding carboxylic acids is 2. The van der Waals surface area contributed by atoms with Gasteiger partial charge in [0.05, 0.1) is 34.5 Å². The molecule has 1 saturated carbocycles. The van der Waals surface area contributed by atoms with Crippen LogP contribution >= 0.6 is 11.3 Å². The van der Waals surface area contributed by atoms with Crippen molar-refractivity contribution in [1.82, 2.24) is 15.5 Å². The lowest BCUT2D eigenvalue weighted by Crippen LogP contribution is -2.45. The second kappa shape index (κ2) is 9.30. The molecule has 3 aromatic rings. The highest BCUT2D eigenvalue weighted by Crippen LogP contribution is 2.42. The quantitative estimate of drug-likeness (QED) is 0.496. The zero-order valence-corrected chi connectivity index (χ0v) is 20.4. The van der Waals surface area contributed by atoms with Gasteiger partial charge in [-0.05, 0) is 42.7 Å². The number of rotatable bonds is 6. The van der Waals surface area contributed by atoms with Crippen molar-refractivity contribution < 1.29 is 26.8 Å². The Morgan fingerprint density at radius 3 is 2.58 bits per heavy atom. The van der Waals surface area contributed by atoms with Gasteiger partial charge >= 0.3 is 0 Å². The van der Waals surface area contributed by atoms with E-state index in [4.69, 9.17) is 5.73 Å². The average Bonchev–Trinajstić information content (AvgIpc) is 3.59. The second-order valence-corrected chi connectivity index (χ2v) is 11.8. The summed E-state index contributed by atoms with van der Waals surface area (Å²) in [6.07, 6.45) is 2.03. The molecular formula is C23H21F2N5O4S2. The van der Waals surface area contributed by atoms with Crippen LogP contribution < -0.4 is 16.0 Å². The molecule has 1 atom stereocenters. The zero-order chi connectivity index (χ0) is 25.6. The Kier molecular flexibility index (Phi) is 6.30. The van der Waals surface area contributed by atoms with Crippen molar-refractivity contribution in [3.63, 3.8) is 0 Å². The molecule has 0 unspecified atom stereocenters. The molecule has 188 valence electrons. The van der Waals surface area contributed by atoms with Crippen molar-refractivity contribution >= 4 is 38.7 Å². The van der Waals surface area contributed by atoms with Gasteiger partial charge in [0, 0.05) is 12.5 Å². The number of nitrogens with one attached hydrogen (secondary N) is 1. The third-order valence-electron chi connectivity index (χ3n) is 5.97. The molecular weight excluding hydrogens is 512 g/mol. The van der Waals surface area contributed by atoms with Crippen molar-refractivity contribution in [2.45, 2.75) is 42.8 Å². The number of nitrogens with two attached hydrogens (primary N) is 1. The van der Waals surface area contributed by atoms with Gasteiger partial charge in [0.25, 0.3) is 5.91 Å². The number of benzene rings is 2. The summed E-state index contributed by atoms with van der Waals surface area (Å²) in [5.41, 5.74) is 5.88. The van der Waals surface area contributed by atoms with Gasteiger partial charge in [-0.25, -0.2) is 17.2 Å². The van der Waals surface area contributed by atoms with E-state index < -0.39 is 55.5 Å². The highest BCUT2D eigenvalue weighted by atomic mass is 32.2. The van der Waals surface area contributed by atoms with E-state index in [9.17, 15) is 22.4 Å². The number of aromatic nitrogens is 2. The standard InChI is InChI=1S/C23H21F2N5O4S2/c24-14-5-1-12(2-6-14)9-27-21(31)15-7-18-19(8-16(15)25)36(33,34)11-17(26)23(32)30(18)10-20-28-29-22(35-20)13-3-4-13/h1-2,5-8,13,17H,3-4,9-11,26H2,(H,27,31)/t17-/m0/s1. The molecule has 0 saturated heterocycles. The van der Waals surface area contributed by atoms with Gasteiger partial charge in [0.2, 0.25) is 5.91 Å². The summed E-state index contributed by atoms with van der Waals surface area (Å²) >= 11 is 1.32. The number of sulfone groups is 1. The molecule has 1 aliphatic heterocycles. The molecule has 1 aromatic heterocycles. The minimum atomic E-state index is -4.14. The van der Waals surface area contributed by atoms with Gasteiger partial charge in [-0.2, -0.15) is 0 Å². The van der Waals surface area contributed by atoms with Crippen LogP contribution in [0.4, 0.5) is 14.5 Å². The predicted molar refractivity (Wildman–Crippen MR) is 127 cm³/mol. The number of halogens is 2. The molecule has 2 heterocycles. The van der Waals surface area contributed by atoms with Gasteiger partial charge in [-0.1, -0.05) is 23.5 Å². The summed E-state index contributed by atoms with van der Waals surface area (Å²) in [5.74, 6) is -3.38. The highest BCUT2D eigenvalue weighted by Gasteiger charge is 2.38. The van der Waals surface area contributed by atoms with Crippen molar-refractivity contribution in [2.24, 2.45) is 5.73 Å². The predicted octanol–water partition coefficient (Wildman–Crippen LogP) is 2.27. The number of carbonyl (C=O) groups is 2. The maximum absolute atomic E-state index is 15.0. The van der Waals surface area contributed by atoms with Crippen LogP contribution in [0, 0.1) is 11.6 Å². The first-order valence-electron chi connectivity index (χ1n) is 11.1. The number of amides is 2. The molecule has 0 spiro atoms. The van der Waals surface area contributed by atoms with Crippen LogP contribution in [0.5, 0.6) is 0 Å². The molecule has 1 fully saturated rings. The number of hydrogen-bond acceptors (Lipinski definition) is 8. The van der Waals surface area contributed by atoms with Crippen LogP contribution in [-0.4, -0.2) is 42.2 Å². The maximum atomic E-state index is 15.0. The Labute approximate surface area is 209 Å². The van der Waals surface area contributed by atoms with Gasteiger partial charge in [-0.15, -0.1) is 10.2 Å². The SMILES string of the molecule is N[C@H]1CS(=O)(=O)c2cc(F)c(C(=O)NCc3ccc(F)cc3)cc2N(Cc2nnc(C3CC3)s2)C1=O. The van der Waals surface area contributed by atoms with Gasteiger partial charge in [0.1, 0.15) is 21.6 Å². The van der Waals surface area contributed by atoms with Gasteiger partial charge in [0.15, 0.2) is 9.84 Å². The number of anilines is 1.